The van der Waals surface area contributed by atoms with Crippen LogP contribution < -0.4 is 19.8 Å². The molecule has 11 rings (SSSR count). The number of halogens is 3. The number of fused-ring (bicyclic) bond motifs is 2. The summed E-state index contributed by atoms with van der Waals surface area (Å²) in [5, 5.41) is 2.71. The third kappa shape index (κ3) is 7.86. The van der Waals surface area contributed by atoms with Crippen LogP contribution in [0.2, 0.25) is 0 Å². The molecule has 1 unspecified atom stereocenters. The first kappa shape index (κ1) is 44.2. The first-order valence-corrected chi connectivity index (χ1v) is 24.5. The molecule has 3 amide bonds. The summed E-state index contributed by atoms with van der Waals surface area (Å²) in [5.41, 5.74) is 4.45. The minimum Gasteiger partial charge on any atom is -0.371 e. The smallest absolute Gasteiger partial charge is 0.301 e. The molecule has 6 aliphatic heterocycles. The van der Waals surface area contributed by atoms with Crippen LogP contribution in [-0.4, -0.2) is 127 Å². The minimum absolute atomic E-state index is 0.00461. The topological polar surface area (TPSA) is 171 Å². The zero-order valence-corrected chi connectivity index (χ0v) is 38.2. The van der Waals surface area contributed by atoms with Crippen molar-refractivity contribution in [2.45, 2.75) is 57.8 Å². The highest BCUT2D eigenvalue weighted by Gasteiger charge is 2.53. The van der Waals surface area contributed by atoms with Gasteiger partial charge in [-0.2, -0.15) is 12.7 Å². The van der Waals surface area contributed by atoms with Crippen molar-refractivity contribution in [2.24, 2.45) is 10.8 Å². The Morgan fingerprint density at radius 3 is 2.37 bits per heavy atom. The normalized spacial score (nSPS) is 22.6. The standard InChI is InChI=1S/C49H50F3N9O6S/c1-48(13-16-58(17-14-48)34-6-7-35-31(18-34)22-61(47(35)65)40-10-11-41(62)55-46(40)64)24-57-25-49(26-57)27-59(28-49)33-4-2-29(3-5-33)30-19-36-37(21-54-45(36)53-20-30)44(63)42-38(51)8-9-39(43(42)52)56-68(66,67)60-15-12-32(50)23-60/h2-9,18-21,32,40,56H,10-17,22-28H2,1H3,(H,53,54)(H,55,62,64)/t32-,40?/m1/s1. The van der Waals surface area contributed by atoms with Crippen LogP contribution in [0.1, 0.15) is 70.9 Å². The van der Waals surface area contributed by atoms with Crippen LogP contribution in [0.3, 0.4) is 0 Å². The van der Waals surface area contributed by atoms with E-state index in [2.05, 4.69) is 55.1 Å². The maximum Gasteiger partial charge on any atom is 0.301 e. The van der Waals surface area contributed by atoms with Gasteiger partial charge in [-0.1, -0.05) is 19.1 Å². The van der Waals surface area contributed by atoms with Crippen LogP contribution >= 0.6 is 0 Å². The lowest BCUT2D eigenvalue weighted by atomic mass is 9.70. The Bertz CT molecular complexity index is 3020. The fourth-order valence-corrected chi connectivity index (χ4v) is 12.5. The summed E-state index contributed by atoms with van der Waals surface area (Å²) < 4.78 is 73.2. The molecule has 3 N–H and O–H groups in total. The summed E-state index contributed by atoms with van der Waals surface area (Å²) in [7, 11) is -4.35. The van der Waals surface area contributed by atoms with E-state index in [1.807, 2.05) is 29.0 Å². The lowest BCUT2D eigenvalue weighted by Crippen LogP contribution is -2.73. The van der Waals surface area contributed by atoms with E-state index in [0.717, 1.165) is 97.6 Å². The van der Waals surface area contributed by atoms with Gasteiger partial charge < -0.3 is 24.6 Å². The second kappa shape index (κ2) is 16.4. The molecule has 15 nitrogen and oxygen atoms in total. The van der Waals surface area contributed by atoms with E-state index in [-0.39, 0.29) is 54.1 Å². The van der Waals surface area contributed by atoms with Gasteiger partial charge in [0.1, 0.15) is 23.7 Å². The SMILES string of the molecule is CC1(CN2CC3(C2)CN(c2ccc(-c4cnc5[nH]cc(C(=O)c6c(F)ccc(NS(=O)(=O)N7CC[C@@H](F)C7)c6F)c5c4)cc2)C3)CCN(c2ccc3c(c2)CN(C2CCC(=O)NC2=O)C3=O)CC1. The Kier molecular flexibility index (Phi) is 10.7. The van der Waals surface area contributed by atoms with Crippen molar-refractivity contribution >= 4 is 61.8 Å². The van der Waals surface area contributed by atoms with Crippen molar-refractivity contribution < 1.29 is 40.8 Å². The second-order valence-corrected chi connectivity index (χ2v) is 21.5. The van der Waals surface area contributed by atoms with Crippen LogP contribution in [0.5, 0.6) is 0 Å². The Morgan fingerprint density at radius 2 is 1.65 bits per heavy atom. The van der Waals surface area contributed by atoms with E-state index < -0.39 is 57.0 Å². The van der Waals surface area contributed by atoms with Gasteiger partial charge in [-0.05, 0) is 90.8 Å². The molecule has 5 fully saturated rings. The van der Waals surface area contributed by atoms with Crippen LogP contribution in [0.15, 0.2) is 73.1 Å². The summed E-state index contributed by atoms with van der Waals surface area (Å²) in [6, 6.07) is 16.9. The third-order valence-corrected chi connectivity index (χ3v) is 16.4. The number of ketones is 1. The van der Waals surface area contributed by atoms with Crippen molar-refractivity contribution in [2.75, 3.05) is 73.4 Å². The summed E-state index contributed by atoms with van der Waals surface area (Å²) in [6.07, 6.45) is 4.32. The summed E-state index contributed by atoms with van der Waals surface area (Å²) in [5.74, 6) is -4.40. The average molecular weight is 950 g/mol. The van der Waals surface area contributed by atoms with Gasteiger partial charge in [0.25, 0.3) is 5.91 Å². The number of pyridine rings is 1. The Labute approximate surface area is 390 Å². The number of aromatic amines is 1. The molecule has 5 aromatic rings. The van der Waals surface area contributed by atoms with Crippen molar-refractivity contribution in [1.29, 1.82) is 0 Å². The molecule has 6 aliphatic rings. The van der Waals surface area contributed by atoms with E-state index >= 15 is 8.78 Å². The number of rotatable bonds is 11. The monoisotopic (exact) mass is 949 g/mol. The van der Waals surface area contributed by atoms with Crippen molar-refractivity contribution in [3.8, 4) is 11.1 Å². The van der Waals surface area contributed by atoms with E-state index in [0.29, 0.717) is 35.1 Å². The molecule has 8 heterocycles. The van der Waals surface area contributed by atoms with E-state index in [9.17, 15) is 32.0 Å². The van der Waals surface area contributed by atoms with Crippen LogP contribution in [0.4, 0.5) is 30.2 Å². The zero-order valence-electron chi connectivity index (χ0n) is 37.4. The van der Waals surface area contributed by atoms with Gasteiger partial charge in [-0.25, -0.2) is 18.2 Å². The largest absolute Gasteiger partial charge is 0.371 e. The number of alkyl halides is 1. The van der Waals surface area contributed by atoms with Crippen LogP contribution in [-0.2, 0) is 26.3 Å². The molecule has 2 atom stereocenters. The number of likely N-dealkylation sites (tertiary alicyclic amines) is 1. The Morgan fingerprint density at radius 1 is 0.897 bits per heavy atom. The van der Waals surface area contributed by atoms with Crippen LogP contribution in [0.25, 0.3) is 22.2 Å². The quantitative estimate of drug-likeness (QED) is 0.111. The molecule has 0 bridgehead atoms. The van der Waals surface area contributed by atoms with Gasteiger partial charge in [0.15, 0.2) is 5.82 Å². The highest BCUT2D eigenvalue weighted by molar-refractivity contribution is 7.90. The summed E-state index contributed by atoms with van der Waals surface area (Å²) in [6.45, 7) is 9.20. The number of nitrogens with one attached hydrogen (secondary N) is 3. The average Bonchev–Trinajstić information content (AvgIpc) is 4.02. The van der Waals surface area contributed by atoms with E-state index in [1.165, 1.54) is 6.20 Å². The van der Waals surface area contributed by atoms with Crippen molar-refractivity contribution in [3.63, 3.8) is 0 Å². The number of amides is 3. The molecule has 5 saturated heterocycles. The first-order valence-electron chi connectivity index (χ1n) is 23.1. The molecule has 0 saturated carbocycles. The fraction of sp³-hybridized carbons (Fsp3) is 0.408. The molecule has 3 aromatic carbocycles. The minimum atomic E-state index is -4.35. The summed E-state index contributed by atoms with van der Waals surface area (Å²) >= 11 is 0. The van der Waals surface area contributed by atoms with Crippen molar-refractivity contribution in [3.05, 3.63) is 107 Å². The fourth-order valence-electron chi connectivity index (χ4n) is 11.2. The maximum absolute atomic E-state index is 15.8. The van der Waals surface area contributed by atoms with Gasteiger partial charge in [0.2, 0.25) is 17.6 Å². The number of piperidine rings is 2. The first-order chi connectivity index (χ1) is 32.5. The number of aromatic nitrogens is 2. The maximum atomic E-state index is 15.8. The lowest BCUT2D eigenvalue weighted by Gasteiger charge is -2.62. The zero-order chi connectivity index (χ0) is 47.3. The number of carbonyl (C=O) groups is 4. The molecule has 0 radical (unpaired) electrons. The lowest BCUT2D eigenvalue weighted by molar-refractivity contribution is -0.136. The molecule has 0 aliphatic carbocycles. The number of nitrogens with zero attached hydrogens (tertiary/aromatic N) is 6. The Hall–Kier alpha value is -6.31. The third-order valence-electron chi connectivity index (χ3n) is 15.0. The molecule has 19 heteroatoms. The number of benzene rings is 3. The van der Waals surface area contributed by atoms with Gasteiger partial charge in [-0.3, -0.25) is 29.2 Å². The highest BCUT2D eigenvalue weighted by atomic mass is 32.2. The summed E-state index contributed by atoms with van der Waals surface area (Å²) in [4.78, 5) is 67.5. The van der Waals surface area contributed by atoms with E-state index in [1.54, 1.807) is 17.2 Å². The number of anilines is 3. The van der Waals surface area contributed by atoms with Gasteiger partial charge >= 0.3 is 10.2 Å². The number of imide groups is 1. The molecule has 1 spiro atoms. The predicted octanol–water partition coefficient (Wildman–Crippen LogP) is 5.63. The van der Waals surface area contributed by atoms with Crippen molar-refractivity contribution in [1.82, 2.24) is 29.4 Å². The number of H-pyrrole nitrogens is 1. The number of hydrogen-bond acceptors (Lipinski definition) is 10. The van der Waals surface area contributed by atoms with E-state index in [4.69, 9.17) is 0 Å². The van der Waals surface area contributed by atoms with Gasteiger partial charge in [0, 0.05) is 123 Å². The van der Waals surface area contributed by atoms with Gasteiger partial charge in [-0.15, -0.1) is 0 Å². The number of carbonyl (C=O) groups excluding carboxylic acids is 4. The van der Waals surface area contributed by atoms with Gasteiger partial charge in [0.05, 0.1) is 11.3 Å². The Balaban J connectivity index is 0.679. The molecule has 2 aromatic heterocycles. The second-order valence-electron chi connectivity index (χ2n) is 19.9. The highest BCUT2D eigenvalue weighted by Crippen LogP contribution is 2.45. The molecular weight excluding hydrogens is 900 g/mol. The predicted molar refractivity (Wildman–Crippen MR) is 248 cm³/mol. The molecular formula is C49H50F3N9O6S. The molecule has 354 valence electrons. The van der Waals surface area contributed by atoms with Crippen LogP contribution in [0, 0.1) is 22.5 Å². The number of hydrogen-bond donors (Lipinski definition) is 3. The molecule has 68 heavy (non-hydrogen) atoms.